The minimum atomic E-state index is -0.916. The van der Waals surface area contributed by atoms with Crippen molar-refractivity contribution < 1.29 is 13.2 Å². The molecule has 1 nitrogen and oxygen atoms in total. The Balaban J connectivity index is 2.49. The lowest BCUT2D eigenvalue weighted by molar-refractivity contribution is 0.487. The van der Waals surface area contributed by atoms with Gasteiger partial charge in [-0.2, -0.15) is 0 Å². The van der Waals surface area contributed by atoms with Crippen LogP contribution < -0.4 is 5.32 Å². The second-order valence-electron chi connectivity index (χ2n) is 3.92. The summed E-state index contributed by atoms with van der Waals surface area (Å²) in [5.41, 5.74) is 0.699. The summed E-state index contributed by atoms with van der Waals surface area (Å²) in [4.78, 5) is 0. The monoisotopic (exact) mass is 251 g/mol. The Kier molecular flexibility index (Phi) is 3.67. The molecule has 0 bridgehead atoms. The number of nitrogens with one attached hydrogen (secondary N) is 1. The zero-order valence-corrected chi connectivity index (χ0v) is 9.75. The van der Waals surface area contributed by atoms with Crippen LogP contribution in [-0.2, 0) is 0 Å². The number of halogens is 3. The molecule has 0 aliphatic carbocycles. The van der Waals surface area contributed by atoms with E-state index < -0.39 is 23.5 Å². The van der Waals surface area contributed by atoms with Gasteiger partial charge in [0.05, 0.1) is 6.04 Å². The molecule has 0 aliphatic heterocycles. The van der Waals surface area contributed by atoms with Crippen molar-refractivity contribution in [1.29, 1.82) is 0 Å². The first kappa shape index (κ1) is 12.6. The molecule has 4 heteroatoms. The van der Waals surface area contributed by atoms with Gasteiger partial charge in [-0.3, -0.25) is 0 Å². The molecule has 0 saturated heterocycles. The van der Waals surface area contributed by atoms with Crippen molar-refractivity contribution in [2.24, 2.45) is 0 Å². The Labute approximate surface area is 103 Å². The van der Waals surface area contributed by atoms with Crippen LogP contribution in [-0.4, -0.2) is 7.05 Å². The first-order valence-corrected chi connectivity index (χ1v) is 5.50. The third-order valence-electron chi connectivity index (χ3n) is 2.76. The molecule has 0 heterocycles. The van der Waals surface area contributed by atoms with E-state index in [9.17, 15) is 13.2 Å². The number of hydrogen-bond acceptors (Lipinski definition) is 1. The minimum Gasteiger partial charge on any atom is -0.309 e. The third kappa shape index (κ3) is 2.38. The van der Waals surface area contributed by atoms with Crippen molar-refractivity contribution in [1.82, 2.24) is 5.32 Å². The predicted molar refractivity (Wildman–Crippen MR) is 63.7 cm³/mol. The lowest BCUT2D eigenvalue weighted by Crippen LogP contribution is -2.19. The Morgan fingerprint density at radius 2 is 1.72 bits per heavy atom. The Bertz CT molecular complexity index is 554. The van der Waals surface area contributed by atoms with Gasteiger partial charge >= 0.3 is 0 Å². The zero-order valence-electron chi connectivity index (χ0n) is 9.75. The molecule has 0 aliphatic rings. The molecule has 2 aromatic rings. The Morgan fingerprint density at radius 3 is 2.39 bits per heavy atom. The maximum atomic E-state index is 13.7. The van der Waals surface area contributed by atoms with E-state index in [1.807, 2.05) is 0 Å². The van der Waals surface area contributed by atoms with Gasteiger partial charge in [0.25, 0.3) is 0 Å². The second kappa shape index (κ2) is 5.23. The van der Waals surface area contributed by atoms with Gasteiger partial charge in [0.15, 0.2) is 11.6 Å². The topological polar surface area (TPSA) is 12.0 Å². The van der Waals surface area contributed by atoms with Crippen LogP contribution in [0.15, 0.2) is 42.5 Å². The lowest BCUT2D eigenvalue weighted by atomic mass is 9.98. The van der Waals surface area contributed by atoms with Gasteiger partial charge in [0.2, 0.25) is 0 Å². The van der Waals surface area contributed by atoms with Gasteiger partial charge in [-0.15, -0.1) is 0 Å². The minimum absolute atomic E-state index is 0.156. The molecule has 0 radical (unpaired) electrons. The summed E-state index contributed by atoms with van der Waals surface area (Å²) in [7, 11) is 1.61. The summed E-state index contributed by atoms with van der Waals surface area (Å²) in [5.74, 6) is -2.24. The van der Waals surface area contributed by atoms with Crippen LogP contribution in [0.4, 0.5) is 13.2 Å². The van der Waals surface area contributed by atoms with Gasteiger partial charge in [-0.25, -0.2) is 13.2 Å². The average Bonchev–Trinajstić information content (AvgIpc) is 2.35. The van der Waals surface area contributed by atoms with Gasteiger partial charge in [0, 0.05) is 5.56 Å². The zero-order chi connectivity index (χ0) is 13.1. The van der Waals surface area contributed by atoms with E-state index in [4.69, 9.17) is 0 Å². The normalized spacial score (nSPS) is 12.4. The maximum Gasteiger partial charge on any atom is 0.163 e. The van der Waals surface area contributed by atoms with E-state index in [2.05, 4.69) is 5.32 Å². The van der Waals surface area contributed by atoms with Crippen molar-refractivity contribution in [3.05, 3.63) is 71.0 Å². The molecule has 0 spiro atoms. The van der Waals surface area contributed by atoms with E-state index in [1.54, 1.807) is 13.1 Å². The van der Waals surface area contributed by atoms with Crippen LogP contribution in [0.1, 0.15) is 17.2 Å². The molecule has 1 atom stereocenters. The van der Waals surface area contributed by atoms with Gasteiger partial charge < -0.3 is 5.32 Å². The number of benzene rings is 2. The number of rotatable bonds is 3. The first-order chi connectivity index (χ1) is 8.63. The molecule has 1 unspecified atom stereocenters. The van der Waals surface area contributed by atoms with Crippen LogP contribution in [0, 0.1) is 17.5 Å². The molecule has 0 aromatic heterocycles. The van der Waals surface area contributed by atoms with Crippen LogP contribution in [0.3, 0.4) is 0 Å². The summed E-state index contributed by atoms with van der Waals surface area (Å²) >= 11 is 0. The third-order valence-corrected chi connectivity index (χ3v) is 2.76. The van der Waals surface area contributed by atoms with Crippen LogP contribution in [0.5, 0.6) is 0 Å². The second-order valence-corrected chi connectivity index (χ2v) is 3.92. The summed E-state index contributed by atoms with van der Waals surface area (Å²) < 4.78 is 40.1. The van der Waals surface area contributed by atoms with Crippen LogP contribution >= 0.6 is 0 Å². The van der Waals surface area contributed by atoms with E-state index in [-0.39, 0.29) is 5.56 Å². The Morgan fingerprint density at radius 1 is 1.00 bits per heavy atom. The van der Waals surface area contributed by atoms with E-state index in [1.165, 1.54) is 30.3 Å². The largest absolute Gasteiger partial charge is 0.309 e. The van der Waals surface area contributed by atoms with Crippen molar-refractivity contribution in [3.8, 4) is 0 Å². The average molecular weight is 251 g/mol. The van der Waals surface area contributed by atoms with Crippen molar-refractivity contribution in [2.75, 3.05) is 7.05 Å². The molecule has 94 valence electrons. The van der Waals surface area contributed by atoms with Crippen molar-refractivity contribution in [2.45, 2.75) is 6.04 Å². The molecule has 0 amide bonds. The molecule has 18 heavy (non-hydrogen) atoms. The molecular formula is C14H12F3N. The van der Waals surface area contributed by atoms with E-state index in [0.717, 1.165) is 6.07 Å². The fourth-order valence-electron chi connectivity index (χ4n) is 1.93. The quantitative estimate of drug-likeness (QED) is 0.881. The van der Waals surface area contributed by atoms with Crippen molar-refractivity contribution in [3.63, 3.8) is 0 Å². The highest BCUT2D eigenvalue weighted by atomic mass is 19.2. The highest BCUT2D eigenvalue weighted by Gasteiger charge is 2.18. The summed E-state index contributed by atoms with van der Waals surface area (Å²) in [6.45, 7) is 0. The van der Waals surface area contributed by atoms with Gasteiger partial charge in [-0.1, -0.05) is 24.3 Å². The van der Waals surface area contributed by atoms with Crippen molar-refractivity contribution >= 4 is 0 Å². The summed E-state index contributed by atoms with van der Waals surface area (Å²) in [6, 6.07) is 9.17. The molecule has 2 aromatic carbocycles. The van der Waals surface area contributed by atoms with Crippen LogP contribution in [0.25, 0.3) is 0 Å². The van der Waals surface area contributed by atoms with Gasteiger partial charge in [-0.05, 0) is 30.8 Å². The molecule has 1 N–H and O–H groups in total. The highest BCUT2D eigenvalue weighted by Crippen LogP contribution is 2.25. The molecule has 0 saturated carbocycles. The number of hydrogen-bond donors (Lipinski definition) is 1. The first-order valence-electron chi connectivity index (χ1n) is 5.50. The highest BCUT2D eigenvalue weighted by molar-refractivity contribution is 5.33. The standard InChI is InChI=1S/C14H12F3N/c1-18-14(9-4-2-5-10(15)8-9)11-6-3-7-12(16)13(11)17/h2-8,14,18H,1H3. The van der Waals surface area contributed by atoms with E-state index >= 15 is 0 Å². The fraction of sp³-hybridized carbons (Fsp3) is 0.143. The van der Waals surface area contributed by atoms with Gasteiger partial charge in [0.1, 0.15) is 5.82 Å². The Hall–Kier alpha value is -1.81. The molecule has 2 rings (SSSR count). The molecular weight excluding hydrogens is 239 g/mol. The SMILES string of the molecule is CNC(c1cccc(F)c1)c1cccc(F)c1F. The van der Waals surface area contributed by atoms with E-state index in [0.29, 0.717) is 5.56 Å². The van der Waals surface area contributed by atoms with Crippen LogP contribution in [0.2, 0.25) is 0 Å². The predicted octanol–water partition coefficient (Wildman–Crippen LogP) is 3.41. The maximum absolute atomic E-state index is 13.7. The molecule has 0 fully saturated rings. The summed E-state index contributed by atoms with van der Waals surface area (Å²) in [6.07, 6.45) is 0. The summed E-state index contributed by atoms with van der Waals surface area (Å²) in [5, 5.41) is 2.86. The smallest absolute Gasteiger partial charge is 0.163 e. The lowest BCUT2D eigenvalue weighted by Gasteiger charge is -2.18. The fourth-order valence-corrected chi connectivity index (χ4v) is 1.93.